The Labute approximate surface area is 235 Å². The number of hydrogen-bond acceptors (Lipinski definition) is 7. The fourth-order valence-corrected chi connectivity index (χ4v) is 6.97. The van der Waals surface area contributed by atoms with Crippen LogP contribution in [0.3, 0.4) is 0 Å². The Hall–Kier alpha value is -4.28. The molecule has 0 bridgehead atoms. The summed E-state index contributed by atoms with van der Waals surface area (Å²) >= 11 is 0. The van der Waals surface area contributed by atoms with Crippen LogP contribution in [-0.2, 0) is 32.8 Å². The molecule has 1 fully saturated rings. The molecule has 10 nitrogen and oxygen atoms in total. The van der Waals surface area contributed by atoms with E-state index >= 15 is 4.39 Å². The molecule has 1 aliphatic rings. The zero-order chi connectivity index (χ0) is 29.7. The summed E-state index contributed by atoms with van der Waals surface area (Å²) in [4.78, 5) is 28.9. The van der Waals surface area contributed by atoms with Crippen LogP contribution >= 0.6 is 0 Å². The monoisotopic (exact) mass is 596 g/mol. The first-order chi connectivity index (χ1) is 19.4. The number of halogens is 1. The normalized spacial score (nSPS) is 13.7. The van der Waals surface area contributed by atoms with E-state index in [1.54, 1.807) is 30.3 Å². The Morgan fingerprint density at radius 1 is 1.17 bits per heavy atom. The fraction of sp³-hybridized carbons (Fsp3) is 0.250. The van der Waals surface area contributed by atoms with Crippen molar-refractivity contribution in [3.05, 3.63) is 87.2 Å². The lowest BCUT2D eigenvalue weighted by Crippen LogP contribution is -2.35. The predicted molar refractivity (Wildman–Crippen MR) is 150 cm³/mol. The molecule has 212 valence electrons. The van der Waals surface area contributed by atoms with Crippen molar-refractivity contribution in [3.8, 4) is 17.2 Å². The number of nitrogens with zero attached hydrogens (tertiary/aromatic N) is 2. The highest BCUT2D eigenvalue weighted by Gasteiger charge is 2.38. The van der Waals surface area contributed by atoms with Crippen LogP contribution in [0.4, 0.5) is 4.39 Å². The molecular weight excluding hydrogens is 571 g/mol. The van der Waals surface area contributed by atoms with E-state index in [1.807, 2.05) is 6.92 Å². The molecule has 0 unspecified atom stereocenters. The number of nitrogens with one attached hydrogen (secondary N) is 2. The summed E-state index contributed by atoms with van der Waals surface area (Å²) in [5, 5.41) is 9.12. The maximum Gasteiger partial charge on any atom is 0.282 e. The van der Waals surface area contributed by atoms with Gasteiger partial charge < -0.3 is 9.55 Å². The molecule has 13 heteroatoms. The number of aromatic amines is 1. The molecule has 0 saturated heterocycles. The van der Waals surface area contributed by atoms with Gasteiger partial charge in [0.05, 0.1) is 22.3 Å². The van der Waals surface area contributed by atoms with E-state index in [2.05, 4.69) is 9.71 Å². The Balaban J connectivity index is 1.83. The Morgan fingerprint density at radius 3 is 2.51 bits per heavy atom. The summed E-state index contributed by atoms with van der Waals surface area (Å²) in [5.74, 6) is -1.90. The molecule has 41 heavy (non-hydrogen) atoms. The minimum atomic E-state index is -4.01. The van der Waals surface area contributed by atoms with Crippen molar-refractivity contribution in [1.82, 2.24) is 14.3 Å². The number of amides is 1. The molecule has 2 aromatic carbocycles. The van der Waals surface area contributed by atoms with Gasteiger partial charge in [-0.3, -0.25) is 9.59 Å². The van der Waals surface area contributed by atoms with Gasteiger partial charge in [-0.15, -0.1) is 0 Å². The smallest absolute Gasteiger partial charge is 0.282 e. The number of H-pyrrole nitrogens is 1. The van der Waals surface area contributed by atoms with Crippen molar-refractivity contribution in [2.75, 3.05) is 6.26 Å². The third kappa shape index (κ3) is 5.28. The maximum atomic E-state index is 15.3. The minimum Gasteiger partial charge on any atom is -0.331 e. The number of pyridine rings is 1. The lowest BCUT2D eigenvalue weighted by atomic mass is 10.0. The first-order valence-electron chi connectivity index (χ1n) is 12.7. The number of carbonyl (C=O) groups excluding carboxylic acids is 1. The van der Waals surface area contributed by atoms with Gasteiger partial charge in [0, 0.05) is 40.0 Å². The summed E-state index contributed by atoms with van der Waals surface area (Å²) < 4.78 is 69.2. The van der Waals surface area contributed by atoms with Crippen molar-refractivity contribution >= 4 is 36.7 Å². The quantitative estimate of drug-likeness (QED) is 0.295. The van der Waals surface area contributed by atoms with Crippen LogP contribution in [0.25, 0.3) is 22.0 Å². The number of sulfonamides is 1. The number of benzene rings is 2. The number of hydrogen-bond donors (Lipinski definition) is 2. The molecule has 1 aliphatic carbocycles. The lowest BCUT2D eigenvalue weighted by molar-refractivity contribution is 0.0973. The SMILES string of the molecule is CCc1ccc2c(c1)c(-c1ccc[nH]c1=O)c(C(=O)NS(=O)(=O)C1CC1)n2Cc1cc(S(C)(=O)=O)c(C#N)cc1F. The van der Waals surface area contributed by atoms with Gasteiger partial charge in [-0.05, 0) is 61.2 Å². The van der Waals surface area contributed by atoms with E-state index in [1.165, 1.54) is 16.8 Å². The van der Waals surface area contributed by atoms with Crippen LogP contribution in [0.1, 0.15) is 46.9 Å². The molecule has 2 heterocycles. The second-order valence-corrected chi connectivity index (χ2v) is 13.9. The summed E-state index contributed by atoms with van der Waals surface area (Å²) in [6, 6.07) is 11.8. The Morgan fingerprint density at radius 2 is 1.90 bits per heavy atom. The molecule has 0 spiro atoms. The minimum absolute atomic E-state index is 0.0931. The van der Waals surface area contributed by atoms with E-state index in [4.69, 9.17) is 0 Å². The van der Waals surface area contributed by atoms with Gasteiger partial charge in [0.2, 0.25) is 10.0 Å². The van der Waals surface area contributed by atoms with Crippen molar-refractivity contribution < 1.29 is 26.0 Å². The third-order valence-electron chi connectivity index (χ3n) is 7.03. The molecule has 1 amide bonds. The summed E-state index contributed by atoms with van der Waals surface area (Å²) in [6.07, 6.45) is 3.73. The number of nitriles is 1. The van der Waals surface area contributed by atoms with Crippen LogP contribution < -0.4 is 10.3 Å². The van der Waals surface area contributed by atoms with E-state index in [0.717, 1.165) is 24.0 Å². The molecular formula is C28H25FN4O6S2. The average molecular weight is 597 g/mol. The number of fused-ring (bicyclic) bond motifs is 1. The van der Waals surface area contributed by atoms with Crippen LogP contribution in [-0.4, -0.2) is 43.8 Å². The van der Waals surface area contributed by atoms with Crippen LogP contribution in [0.15, 0.2) is 58.4 Å². The van der Waals surface area contributed by atoms with Gasteiger partial charge in [-0.1, -0.05) is 13.0 Å². The second kappa shape index (κ2) is 10.3. The molecule has 4 aromatic rings. The zero-order valence-corrected chi connectivity index (χ0v) is 23.7. The number of sulfone groups is 1. The van der Waals surface area contributed by atoms with Crippen molar-refractivity contribution in [2.45, 2.75) is 42.9 Å². The van der Waals surface area contributed by atoms with E-state index < -0.39 is 48.9 Å². The van der Waals surface area contributed by atoms with Gasteiger partial charge in [-0.2, -0.15) is 5.26 Å². The Bertz CT molecular complexity index is 2050. The summed E-state index contributed by atoms with van der Waals surface area (Å²) in [6.45, 7) is 1.51. The predicted octanol–water partition coefficient (Wildman–Crippen LogP) is 3.24. The number of rotatable bonds is 8. The van der Waals surface area contributed by atoms with Crippen LogP contribution in [0, 0.1) is 17.1 Å². The van der Waals surface area contributed by atoms with Crippen molar-refractivity contribution in [2.24, 2.45) is 0 Å². The topological polar surface area (TPSA) is 159 Å². The van der Waals surface area contributed by atoms with Crippen LogP contribution in [0.5, 0.6) is 0 Å². The van der Waals surface area contributed by atoms with Crippen molar-refractivity contribution in [1.29, 1.82) is 5.26 Å². The molecule has 1 saturated carbocycles. The van der Waals surface area contributed by atoms with Gasteiger partial charge in [-0.25, -0.2) is 25.9 Å². The third-order valence-corrected chi connectivity index (χ3v) is 9.99. The summed E-state index contributed by atoms with van der Waals surface area (Å²) in [5.41, 5.74) is 0.227. The van der Waals surface area contributed by atoms with Gasteiger partial charge in [0.25, 0.3) is 11.5 Å². The largest absolute Gasteiger partial charge is 0.331 e. The first-order valence-corrected chi connectivity index (χ1v) is 16.1. The van der Waals surface area contributed by atoms with E-state index in [0.29, 0.717) is 30.2 Å². The molecule has 2 aromatic heterocycles. The van der Waals surface area contributed by atoms with Gasteiger partial charge in [0.15, 0.2) is 9.84 Å². The highest BCUT2D eigenvalue weighted by molar-refractivity contribution is 7.91. The second-order valence-electron chi connectivity index (χ2n) is 9.93. The zero-order valence-electron chi connectivity index (χ0n) is 22.1. The highest BCUT2D eigenvalue weighted by Crippen LogP contribution is 2.36. The fourth-order valence-electron chi connectivity index (χ4n) is 4.83. The standard InChI is InChI=1S/C28H25FN4O6S2/c1-3-16-6-9-23-21(11-16)25(20-5-4-10-31-27(20)34)26(28(35)32-41(38,39)19-7-8-19)33(23)15-18-13-24(40(2,36)37)17(14-30)12-22(18)29/h4-6,9-13,19H,3,7-8,15H2,1-2H3,(H,31,34)(H,32,35). The van der Waals surface area contributed by atoms with E-state index in [9.17, 15) is 31.7 Å². The first kappa shape index (κ1) is 28.3. The maximum absolute atomic E-state index is 15.3. The molecule has 5 rings (SSSR count). The molecule has 0 radical (unpaired) electrons. The van der Waals surface area contributed by atoms with Gasteiger partial charge >= 0.3 is 0 Å². The molecule has 2 N–H and O–H groups in total. The molecule has 0 aliphatic heterocycles. The van der Waals surface area contributed by atoms with E-state index in [-0.39, 0.29) is 32.8 Å². The Kier molecular flexibility index (Phi) is 7.08. The van der Waals surface area contributed by atoms with Gasteiger partial charge in [0.1, 0.15) is 17.6 Å². The average Bonchev–Trinajstić information content (AvgIpc) is 3.73. The number of aryl methyl sites for hydroxylation is 1. The molecule has 0 atom stereocenters. The highest BCUT2D eigenvalue weighted by atomic mass is 32.2. The number of carbonyl (C=O) groups is 1. The summed E-state index contributed by atoms with van der Waals surface area (Å²) in [7, 11) is -7.94. The van der Waals surface area contributed by atoms with Crippen LogP contribution in [0.2, 0.25) is 0 Å². The number of aromatic nitrogens is 2. The van der Waals surface area contributed by atoms with Crippen molar-refractivity contribution in [3.63, 3.8) is 0 Å². The lowest BCUT2D eigenvalue weighted by Gasteiger charge is -2.15.